The van der Waals surface area contributed by atoms with Crippen molar-refractivity contribution in [2.75, 3.05) is 5.75 Å². The van der Waals surface area contributed by atoms with Crippen molar-refractivity contribution in [3.63, 3.8) is 0 Å². The third kappa shape index (κ3) is 4.63. The molecule has 1 atom stereocenters. The molecule has 0 aromatic heterocycles. The summed E-state index contributed by atoms with van der Waals surface area (Å²) in [4.78, 5) is 13.2. The zero-order valence-electron chi connectivity index (χ0n) is 13.6. The summed E-state index contributed by atoms with van der Waals surface area (Å²) in [7, 11) is 0. The van der Waals surface area contributed by atoms with Crippen molar-refractivity contribution in [2.24, 2.45) is 0 Å². The quantitative estimate of drug-likeness (QED) is 0.819. The lowest BCUT2D eigenvalue weighted by molar-refractivity contribution is -0.119. The Morgan fingerprint density at radius 3 is 2.36 bits per heavy atom. The minimum Gasteiger partial charge on any atom is -0.349 e. The SMILES string of the molecule is Cc1ccc(SCC(=O)N[C@H](C)c2ccc(C)c(C)c2)cc1. The van der Waals surface area contributed by atoms with Crippen LogP contribution in [0.15, 0.2) is 47.4 Å². The van der Waals surface area contributed by atoms with Crippen LogP contribution in [0.1, 0.15) is 35.2 Å². The zero-order chi connectivity index (χ0) is 16.1. The zero-order valence-corrected chi connectivity index (χ0v) is 14.5. The summed E-state index contributed by atoms with van der Waals surface area (Å²) in [5.74, 6) is 0.509. The maximum atomic E-state index is 12.1. The fourth-order valence-corrected chi connectivity index (χ4v) is 2.89. The van der Waals surface area contributed by atoms with Crippen molar-refractivity contribution in [2.45, 2.75) is 38.6 Å². The van der Waals surface area contributed by atoms with E-state index in [0.29, 0.717) is 5.75 Å². The second kappa shape index (κ2) is 7.50. The van der Waals surface area contributed by atoms with Crippen molar-refractivity contribution in [1.29, 1.82) is 0 Å². The second-order valence-corrected chi connectivity index (χ2v) is 6.78. The van der Waals surface area contributed by atoms with E-state index in [1.54, 1.807) is 11.8 Å². The third-order valence-electron chi connectivity index (χ3n) is 3.80. The summed E-state index contributed by atoms with van der Waals surface area (Å²) in [6.07, 6.45) is 0. The largest absolute Gasteiger partial charge is 0.349 e. The molecule has 0 heterocycles. The van der Waals surface area contributed by atoms with E-state index >= 15 is 0 Å². The predicted octanol–water partition coefficient (Wildman–Crippen LogP) is 4.58. The smallest absolute Gasteiger partial charge is 0.230 e. The molecular weight excluding hydrogens is 290 g/mol. The van der Waals surface area contributed by atoms with E-state index in [1.807, 2.05) is 6.92 Å². The molecule has 0 fully saturated rings. The second-order valence-electron chi connectivity index (χ2n) is 5.73. The number of amides is 1. The Hall–Kier alpha value is -1.74. The number of carbonyl (C=O) groups is 1. The van der Waals surface area contributed by atoms with E-state index < -0.39 is 0 Å². The van der Waals surface area contributed by atoms with E-state index in [4.69, 9.17) is 0 Å². The molecule has 0 aliphatic heterocycles. The molecule has 0 saturated carbocycles. The first-order chi connectivity index (χ1) is 10.5. The molecule has 0 radical (unpaired) electrons. The monoisotopic (exact) mass is 313 g/mol. The van der Waals surface area contributed by atoms with E-state index in [9.17, 15) is 4.79 Å². The summed E-state index contributed by atoms with van der Waals surface area (Å²) >= 11 is 1.57. The van der Waals surface area contributed by atoms with Crippen LogP contribution >= 0.6 is 11.8 Å². The summed E-state index contributed by atoms with van der Waals surface area (Å²) in [5, 5.41) is 3.06. The number of nitrogens with one attached hydrogen (secondary N) is 1. The first-order valence-corrected chi connectivity index (χ1v) is 8.50. The average molecular weight is 313 g/mol. The lowest BCUT2D eigenvalue weighted by Gasteiger charge is -2.15. The van der Waals surface area contributed by atoms with Gasteiger partial charge in [-0.1, -0.05) is 35.9 Å². The molecule has 0 aliphatic carbocycles. The van der Waals surface area contributed by atoms with Gasteiger partial charge in [0.2, 0.25) is 5.91 Å². The molecule has 3 heteroatoms. The van der Waals surface area contributed by atoms with Crippen molar-refractivity contribution >= 4 is 17.7 Å². The normalized spacial score (nSPS) is 12.0. The van der Waals surface area contributed by atoms with Gasteiger partial charge in [-0.05, 0) is 56.5 Å². The molecule has 0 spiro atoms. The van der Waals surface area contributed by atoms with Gasteiger partial charge in [-0.3, -0.25) is 4.79 Å². The van der Waals surface area contributed by atoms with Crippen LogP contribution in [0, 0.1) is 20.8 Å². The molecule has 2 aromatic carbocycles. The minimum absolute atomic E-state index is 0.0328. The molecule has 116 valence electrons. The summed E-state index contributed by atoms with van der Waals surface area (Å²) in [6, 6.07) is 14.6. The van der Waals surface area contributed by atoms with Crippen molar-refractivity contribution in [3.05, 3.63) is 64.7 Å². The number of benzene rings is 2. The Labute approximate surface area is 137 Å². The van der Waals surface area contributed by atoms with Gasteiger partial charge in [-0.2, -0.15) is 0 Å². The highest BCUT2D eigenvalue weighted by molar-refractivity contribution is 8.00. The summed E-state index contributed by atoms with van der Waals surface area (Å²) in [5.41, 5.74) is 4.92. The molecular formula is C19H23NOS. The van der Waals surface area contributed by atoms with Crippen LogP contribution in [-0.2, 0) is 4.79 Å². The highest BCUT2D eigenvalue weighted by atomic mass is 32.2. The van der Waals surface area contributed by atoms with Gasteiger partial charge in [0.25, 0.3) is 0 Å². The topological polar surface area (TPSA) is 29.1 Å². The molecule has 1 N–H and O–H groups in total. The minimum atomic E-state index is 0.0328. The third-order valence-corrected chi connectivity index (χ3v) is 4.81. The van der Waals surface area contributed by atoms with E-state index in [1.165, 1.54) is 16.7 Å². The van der Waals surface area contributed by atoms with Crippen LogP contribution in [0.3, 0.4) is 0 Å². The molecule has 0 bridgehead atoms. The maximum absolute atomic E-state index is 12.1. The number of aryl methyl sites for hydroxylation is 3. The van der Waals surface area contributed by atoms with Gasteiger partial charge in [0.1, 0.15) is 0 Å². The standard InChI is InChI=1S/C19H23NOS/c1-13-5-9-18(10-6-13)22-12-19(21)20-16(4)17-8-7-14(2)15(3)11-17/h5-11,16H,12H2,1-4H3,(H,20,21)/t16-/m1/s1. The van der Waals surface area contributed by atoms with Gasteiger partial charge in [-0.25, -0.2) is 0 Å². The van der Waals surface area contributed by atoms with Gasteiger partial charge in [0.05, 0.1) is 11.8 Å². The number of hydrogen-bond acceptors (Lipinski definition) is 2. The van der Waals surface area contributed by atoms with Gasteiger partial charge in [0.15, 0.2) is 0 Å². The van der Waals surface area contributed by atoms with Gasteiger partial charge in [0, 0.05) is 4.90 Å². The van der Waals surface area contributed by atoms with Crippen LogP contribution in [-0.4, -0.2) is 11.7 Å². The average Bonchev–Trinajstić information content (AvgIpc) is 2.49. The van der Waals surface area contributed by atoms with Crippen LogP contribution in [0.5, 0.6) is 0 Å². The maximum Gasteiger partial charge on any atom is 0.230 e. The first kappa shape index (κ1) is 16.6. The molecule has 2 nitrogen and oxygen atoms in total. The lowest BCUT2D eigenvalue weighted by atomic mass is 10.0. The highest BCUT2D eigenvalue weighted by Crippen LogP contribution is 2.20. The fourth-order valence-electron chi connectivity index (χ4n) is 2.18. The van der Waals surface area contributed by atoms with E-state index in [-0.39, 0.29) is 11.9 Å². The molecule has 1 amide bonds. The molecule has 0 aliphatic rings. The predicted molar refractivity (Wildman–Crippen MR) is 94.4 cm³/mol. The fraction of sp³-hybridized carbons (Fsp3) is 0.316. The van der Waals surface area contributed by atoms with Crippen LogP contribution < -0.4 is 5.32 Å². The summed E-state index contributed by atoms with van der Waals surface area (Å²) in [6.45, 7) is 8.28. The van der Waals surface area contributed by atoms with E-state index in [2.05, 4.69) is 68.6 Å². The Bertz CT molecular complexity index is 649. The number of thioether (sulfide) groups is 1. The van der Waals surface area contributed by atoms with Crippen LogP contribution in [0.2, 0.25) is 0 Å². The molecule has 0 saturated heterocycles. The van der Waals surface area contributed by atoms with Crippen LogP contribution in [0.4, 0.5) is 0 Å². The van der Waals surface area contributed by atoms with Crippen molar-refractivity contribution in [3.8, 4) is 0 Å². The first-order valence-electron chi connectivity index (χ1n) is 7.51. The Morgan fingerprint density at radius 1 is 1.05 bits per heavy atom. The molecule has 2 rings (SSSR count). The number of rotatable bonds is 5. The number of hydrogen-bond donors (Lipinski definition) is 1. The number of carbonyl (C=O) groups excluding carboxylic acids is 1. The van der Waals surface area contributed by atoms with Gasteiger partial charge in [-0.15, -0.1) is 11.8 Å². The molecule has 22 heavy (non-hydrogen) atoms. The highest BCUT2D eigenvalue weighted by Gasteiger charge is 2.10. The Kier molecular flexibility index (Phi) is 5.67. The lowest BCUT2D eigenvalue weighted by Crippen LogP contribution is -2.28. The van der Waals surface area contributed by atoms with Crippen molar-refractivity contribution < 1.29 is 4.79 Å². The van der Waals surface area contributed by atoms with E-state index in [0.717, 1.165) is 10.5 Å². The molecule has 2 aromatic rings. The Balaban J connectivity index is 1.88. The van der Waals surface area contributed by atoms with Crippen molar-refractivity contribution in [1.82, 2.24) is 5.32 Å². The van der Waals surface area contributed by atoms with Gasteiger partial charge >= 0.3 is 0 Å². The Morgan fingerprint density at radius 2 is 1.73 bits per heavy atom. The van der Waals surface area contributed by atoms with Gasteiger partial charge < -0.3 is 5.32 Å². The summed E-state index contributed by atoms with van der Waals surface area (Å²) < 4.78 is 0. The van der Waals surface area contributed by atoms with Crippen LogP contribution in [0.25, 0.3) is 0 Å². The molecule has 0 unspecified atom stereocenters.